The molecule has 0 aliphatic rings. The van der Waals surface area contributed by atoms with Crippen molar-refractivity contribution in [1.82, 2.24) is 5.32 Å². The zero-order chi connectivity index (χ0) is 26.0. The van der Waals surface area contributed by atoms with Gasteiger partial charge in [0.05, 0.1) is 4.92 Å². The summed E-state index contributed by atoms with van der Waals surface area (Å²) in [5.74, 6) is 0.534. The zero-order valence-electron chi connectivity index (χ0n) is 20.5. The molecule has 4 aromatic rings. The van der Waals surface area contributed by atoms with E-state index in [1.807, 2.05) is 60.7 Å². The van der Waals surface area contributed by atoms with E-state index in [-0.39, 0.29) is 29.3 Å². The summed E-state index contributed by atoms with van der Waals surface area (Å²) in [5.41, 5.74) is 2.81. The van der Waals surface area contributed by atoms with Gasteiger partial charge >= 0.3 is 0 Å². The molecule has 1 amide bonds. The molecule has 7 heteroatoms. The minimum atomic E-state index is -0.404. The number of carbonyl (C=O) groups excluding carboxylic acids is 1. The third kappa shape index (κ3) is 7.25. The number of nitro benzene ring substituents is 1. The topological polar surface area (TPSA) is 97.4 Å². The highest BCUT2D eigenvalue weighted by Crippen LogP contribution is 2.27. The van der Waals surface area contributed by atoms with Crippen LogP contribution in [0.4, 0.5) is 11.4 Å². The number of rotatable bonds is 11. The summed E-state index contributed by atoms with van der Waals surface area (Å²) in [6, 6.07) is 29.4. The van der Waals surface area contributed by atoms with Gasteiger partial charge in [0, 0.05) is 42.7 Å². The molecule has 0 aliphatic carbocycles. The minimum absolute atomic E-state index is 0.0218. The van der Waals surface area contributed by atoms with Crippen molar-refractivity contribution in [3.05, 3.63) is 136 Å². The van der Waals surface area contributed by atoms with Crippen LogP contribution < -0.4 is 10.6 Å². The minimum Gasteiger partial charge on any atom is -0.456 e. The van der Waals surface area contributed by atoms with Crippen LogP contribution in [0.2, 0.25) is 0 Å². The van der Waals surface area contributed by atoms with E-state index in [1.165, 1.54) is 12.1 Å². The van der Waals surface area contributed by atoms with Crippen molar-refractivity contribution in [3.8, 4) is 0 Å². The highest BCUT2D eigenvalue weighted by molar-refractivity contribution is 6.02. The number of benzene rings is 3. The molecule has 188 valence electrons. The van der Waals surface area contributed by atoms with Gasteiger partial charge in [-0.05, 0) is 42.3 Å². The fraction of sp³-hybridized carbons (Fsp3) is 0.167. The Morgan fingerprint density at radius 2 is 1.62 bits per heavy atom. The highest BCUT2D eigenvalue weighted by Gasteiger charge is 2.23. The molecule has 0 saturated carbocycles. The summed E-state index contributed by atoms with van der Waals surface area (Å²) >= 11 is 0. The number of para-hydroxylation sites is 1. The van der Waals surface area contributed by atoms with Crippen molar-refractivity contribution in [2.24, 2.45) is 0 Å². The molecule has 2 unspecified atom stereocenters. The van der Waals surface area contributed by atoms with Crippen molar-refractivity contribution in [3.63, 3.8) is 0 Å². The number of furan rings is 1. The molecular weight excluding hydrogens is 466 g/mol. The molecule has 1 heterocycles. The summed E-state index contributed by atoms with van der Waals surface area (Å²) < 4.78 is 5.90. The van der Waals surface area contributed by atoms with Crippen molar-refractivity contribution in [1.29, 1.82) is 0 Å². The molecule has 0 aliphatic heterocycles. The predicted molar refractivity (Wildman–Crippen MR) is 146 cm³/mol. The van der Waals surface area contributed by atoms with Crippen LogP contribution in [0.25, 0.3) is 6.08 Å². The second-order valence-corrected chi connectivity index (χ2v) is 8.76. The lowest BCUT2D eigenvalue weighted by Gasteiger charge is -2.24. The maximum absolute atomic E-state index is 12.6. The largest absolute Gasteiger partial charge is 0.456 e. The van der Waals surface area contributed by atoms with Crippen molar-refractivity contribution >= 4 is 23.4 Å². The Bertz CT molecular complexity index is 1330. The van der Waals surface area contributed by atoms with E-state index >= 15 is 0 Å². The maximum atomic E-state index is 12.6. The Kier molecular flexibility index (Phi) is 8.62. The third-order valence-electron chi connectivity index (χ3n) is 6.14. The van der Waals surface area contributed by atoms with E-state index in [9.17, 15) is 14.9 Å². The monoisotopic (exact) mass is 495 g/mol. The fourth-order valence-electron chi connectivity index (χ4n) is 4.12. The standard InChI is InChI=1S/C30H29N3O4/c1-22(31-20-8-11-23-9-4-2-5-10-23)28(24-14-16-26(17-15-24)33(35)36)21-27-18-19-29(37-27)30(34)32-25-12-6-3-7-13-25/h2-19,22,28,31H,20-21H2,1H3,(H,32,34). The molecular formula is C30H29N3O4. The Labute approximate surface area is 216 Å². The van der Waals surface area contributed by atoms with Gasteiger partial charge in [0.1, 0.15) is 5.76 Å². The number of nitrogens with one attached hydrogen (secondary N) is 2. The number of carbonyl (C=O) groups is 1. The molecule has 1 aromatic heterocycles. The average molecular weight is 496 g/mol. The average Bonchev–Trinajstić information content (AvgIpc) is 3.40. The van der Waals surface area contributed by atoms with E-state index < -0.39 is 4.92 Å². The second-order valence-electron chi connectivity index (χ2n) is 8.76. The van der Waals surface area contributed by atoms with Crippen LogP contribution in [0.3, 0.4) is 0 Å². The van der Waals surface area contributed by atoms with Crippen LogP contribution in [0.1, 0.15) is 40.3 Å². The van der Waals surface area contributed by atoms with E-state index in [0.29, 0.717) is 24.4 Å². The van der Waals surface area contributed by atoms with E-state index in [1.54, 1.807) is 24.3 Å². The second kappa shape index (κ2) is 12.5. The first-order valence-corrected chi connectivity index (χ1v) is 12.1. The van der Waals surface area contributed by atoms with E-state index in [4.69, 9.17) is 4.42 Å². The van der Waals surface area contributed by atoms with E-state index in [0.717, 1.165) is 11.1 Å². The number of non-ortho nitro benzene ring substituents is 1. The summed E-state index contributed by atoms with van der Waals surface area (Å²) in [6.07, 6.45) is 4.65. The zero-order valence-corrected chi connectivity index (χ0v) is 20.5. The first kappa shape index (κ1) is 25.6. The van der Waals surface area contributed by atoms with Gasteiger partial charge in [0.2, 0.25) is 0 Å². The highest BCUT2D eigenvalue weighted by atomic mass is 16.6. The molecule has 2 atom stereocenters. The van der Waals surface area contributed by atoms with Gasteiger partial charge in [0.25, 0.3) is 11.6 Å². The van der Waals surface area contributed by atoms with Crippen molar-refractivity contribution in [2.75, 3.05) is 11.9 Å². The fourth-order valence-corrected chi connectivity index (χ4v) is 4.12. The van der Waals surface area contributed by atoms with Crippen LogP contribution in [-0.2, 0) is 6.42 Å². The molecule has 0 radical (unpaired) electrons. The summed E-state index contributed by atoms with van der Waals surface area (Å²) in [4.78, 5) is 23.3. The molecule has 7 nitrogen and oxygen atoms in total. The predicted octanol–water partition coefficient (Wildman–Crippen LogP) is 6.46. The summed E-state index contributed by atoms with van der Waals surface area (Å²) in [5, 5.41) is 17.5. The Balaban J connectivity index is 1.47. The van der Waals surface area contributed by atoms with Gasteiger partial charge in [-0.25, -0.2) is 0 Å². The van der Waals surface area contributed by atoms with Gasteiger partial charge in [-0.1, -0.05) is 72.8 Å². The summed E-state index contributed by atoms with van der Waals surface area (Å²) in [6.45, 7) is 2.73. The Hall–Kier alpha value is -4.49. The van der Waals surface area contributed by atoms with Crippen molar-refractivity contribution in [2.45, 2.75) is 25.3 Å². The van der Waals surface area contributed by atoms with Crippen molar-refractivity contribution < 1.29 is 14.1 Å². The van der Waals surface area contributed by atoms with Crippen LogP contribution in [0, 0.1) is 10.1 Å². The van der Waals surface area contributed by atoms with Gasteiger partial charge < -0.3 is 15.1 Å². The first-order chi connectivity index (χ1) is 18.0. The van der Waals surface area contributed by atoms with Crippen LogP contribution in [0.5, 0.6) is 0 Å². The first-order valence-electron chi connectivity index (χ1n) is 12.1. The smallest absolute Gasteiger partial charge is 0.291 e. The molecule has 0 spiro atoms. The maximum Gasteiger partial charge on any atom is 0.291 e. The lowest BCUT2D eigenvalue weighted by molar-refractivity contribution is -0.384. The van der Waals surface area contributed by atoms with Crippen LogP contribution >= 0.6 is 0 Å². The number of nitrogens with zero attached hydrogens (tertiary/aromatic N) is 1. The number of hydrogen-bond donors (Lipinski definition) is 2. The molecule has 4 rings (SSSR count). The molecule has 37 heavy (non-hydrogen) atoms. The molecule has 0 fully saturated rings. The number of anilines is 1. The third-order valence-corrected chi connectivity index (χ3v) is 6.14. The number of amides is 1. The van der Waals surface area contributed by atoms with E-state index in [2.05, 4.69) is 29.7 Å². The van der Waals surface area contributed by atoms with Gasteiger partial charge in [0.15, 0.2) is 5.76 Å². The lowest BCUT2D eigenvalue weighted by Crippen LogP contribution is -2.33. The van der Waals surface area contributed by atoms with Crippen LogP contribution in [0.15, 0.2) is 108 Å². The quantitative estimate of drug-likeness (QED) is 0.184. The van der Waals surface area contributed by atoms with Crippen LogP contribution in [-0.4, -0.2) is 23.4 Å². The van der Waals surface area contributed by atoms with Gasteiger partial charge in [-0.2, -0.15) is 0 Å². The van der Waals surface area contributed by atoms with Gasteiger partial charge in [-0.3, -0.25) is 14.9 Å². The molecule has 2 N–H and O–H groups in total. The number of hydrogen-bond acceptors (Lipinski definition) is 5. The van der Waals surface area contributed by atoms with Gasteiger partial charge in [-0.15, -0.1) is 0 Å². The molecule has 0 bridgehead atoms. The summed E-state index contributed by atoms with van der Waals surface area (Å²) in [7, 11) is 0. The Morgan fingerprint density at radius 3 is 2.30 bits per heavy atom. The molecule has 3 aromatic carbocycles. The number of nitro groups is 1. The molecule has 0 saturated heterocycles. The lowest BCUT2D eigenvalue weighted by atomic mass is 9.88. The SMILES string of the molecule is CC(NCC=Cc1ccccc1)C(Cc1ccc(C(=O)Nc2ccccc2)o1)c1ccc([N+](=O)[O-])cc1. The Morgan fingerprint density at radius 1 is 0.946 bits per heavy atom. The normalized spacial score (nSPS) is 12.8.